The largest absolute Gasteiger partial charge is 0.412 e. The Hall–Kier alpha value is -4.81. The lowest BCUT2D eigenvalue weighted by Gasteiger charge is -2.33. The molecule has 13 rings (SSSR count). The lowest BCUT2D eigenvalue weighted by molar-refractivity contribution is -0.385. The second-order valence-electron chi connectivity index (χ2n) is 28.0. The van der Waals surface area contributed by atoms with Crippen LogP contribution < -0.4 is 42.3 Å². The maximum absolute atomic E-state index is 10.8. The number of likely N-dealkylation sites (N-methyl/N-ethyl adjacent to an activating group) is 4. The lowest BCUT2D eigenvalue weighted by atomic mass is 10.1. The van der Waals surface area contributed by atoms with Crippen LogP contribution in [0.3, 0.4) is 0 Å². The molecule has 0 aliphatic carbocycles. The first-order valence-electron chi connectivity index (χ1n) is 41.9. The molecule has 0 fully saturated rings. The third-order valence-electron chi connectivity index (χ3n) is 20.9. The summed E-state index contributed by atoms with van der Waals surface area (Å²) in [5.74, 6) is 14.2. The van der Waals surface area contributed by atoms with Gasteiger partial charge in [-0.1, -0.05) is 99.6 Å². The number of hydrazine groups is 1. The predicted molar refractivity (Wildman–Crippen MR) is 565 cm³/mol. The second-order valence-corrected chi connectivity index (χ2v) is 38.1. The van der Waals surface area contributed by atoms with E-state index < -0.39 is 0 Å². The normalized spacial score (nSPS) is 13.3. The van der Waals surface area contributed by atoms with Gasteiger partial charge in [0.15, 0.2) is 0 Å². The van der Waals surface area contributed by atoms with E-state index in [-0.39, 0.29) is 51.5 Å². The molecule has 36 heteroatoms. The standard InChI is InChI=1S/2C20H27N3S2.C14H21N3O2S.C14H23N3S.C8H8N2O2S.C6H14ClN.C6H6INS2.2ClH.H4N2.H2O/c2*1-3-22(4-2)9-10-23-11-13-25-20-15-16(7-8-18(20)23)14-17(21)19-6-5-12-24-19;1-3-15(4-2)7-8-16-9-10-20-14-11-12(17(18)19)5-6-13(14)16;1-3-16(4-2)7-8-17-9-10-18-14-11-12(15)5-6-13(14)17;11-10(12)6-1-2-7-8(5-6)13-4-3-9-7;1-3-8(4-2)6-5-7;1-9-6(8-7)5-3-2-4-10-5;;;1-2;/h2*5-8,12,15,21H,3-4,9-11,13-14H2,1-2H3;5-6,11H,3-4,7-10H2,1-2H3;5-6,11H,3-4,7-10,15H2,1-2H3;1-2,5,9H,3-4H2;3-6H2,1-2H3;2-4H,1H3;2*1H;1-2H2;1H2. The van der Waals surface area contributed by atoms with Crippen molar-refractivity contribution in [2.45, 2.75) is 107 Å². The first-order valence-corrected chi connectivity index (χ1v) is 52.2. The fraction of sp³-hybridized carbons (Fsp3) is 0.489. The number of non-ortho nitro benzene ring substituents is 2. The summed E-state index contributed by atoms with van der Waals surface area (Å²) < 4.78 is 4.11. The molecule has 5 aliphatic heterocycles. The number of rotatable bonds is 33. The van der Waals surface area contributed by atoms with E-state index in [2.05, 4.69) is 194 Å². The fourth-order valence-corrected chi connectivity index (χ4v) is 22.9. The van der Waals surface area contributed by atoms with Crippen LogP contribution in [-0.2, 0) is 12.8 Å². The van der Waals surface area contributed by atoms with Gasteiger partial charge in [0.25, 0.3) is 11.4 Å². The van der Waals surface area contributed by atoms with Crippen molar-refractivity contribution in [3.8, 4) is 0 Å². The number of benzene rings is 5. The molecule has 0 atom stereocenters. The molecule has 8 heterocycles. The van der Waals surface area contributed by atoms with Crippen molar-refractivity contribution in [2.24, 2.45) is 14.9 Å². The molecule has 124 heavy (non-hydrogen) atoms. The van der Waals surface area contributed by atoms with Gasteiger partial charge in [-0.3, -0.25) is 31.9 Å². The van der Waals surface area contributed by atoms with Gasteiger partial charge in [0.05, 0.1) is 71.8 Å². The molecule has 0 saturated heterocycles. The van der Waals surface area contributed by atoms with Crippen LogP contribution >= 0.6 is 164 Å². The molecule has 0 radical (unpaired) electrons. The molecule has 5 aromatic carbocycles. The average molecular weight is 2050 g/mol. The van der Waals surface area contributed by atoms with Crippen molar-refractivity contribution in [1.82, 2.24) is 24.5 Å². The minimum atomic E-state index is -0.366. The Morgan fingerprint density at radius 2 is 0.798 bits per heavy atom. The third kappa shape index (κ3) is 38.3. The number of hydrogen-bond acceptors (Lipinski definition) is 29. The Balaban J connectivity index is 0.000000381. The van der Waals surface area contributed by atoms with Crippen molar-refractivity contribution < 1.29 is 15.3 Å². The highest BCUT2D eigenvalue weighted by Crippen LogP contribution is 2.41. The summed E-state index contributed by atoms with van der Waals surface area (Å²) in [6.07, 6.45) is 3.47. The highest BCUT2D eigenvalue weighted by molar-refractivity contribution is 14.1. The van der Waals surface area contributed by atoms with Crippen molar-refractivity contribution in [3.05, 3.63) is 190 Å². The van der Waals surface area contributed by atoms with Crippen molar-refractivity contribution in [3.63, 3.8) is 0 Å². The maximum Gasteiger partial charge on any atom is 0.270 e. The summed E-state index contributed by atoms with van der Waals surface area (Å²) in [7, 11) is 0. The summed E-state index contributed by atoms with van der Waals surface area (Å²) in [6, 6.07) is 42.1. The zero-order valence-corrected chi connectivity index (χ0v) is 85.9. The Kier molecular flexibility index (Phi) is 59.3. The molecule has 23 nitrogen and oxygen atoms in total. The second kappa shape index (κ2) is 64.9. The number of nitro groups is 2. The van der Waals surface area contributed by atoms with Crippen LogP contribution in [0.2, 0.25) is 0 Å². The van der Waals surface area contributed by atoms with Crippen molar-refractivity contribution in [2.75, 3.05) is 229 Å². The maximum atomic E-state index is 10.8. The van der Waals surface area contributed by atoms with E-state index in [1.54, 1.807) is 93.6 Å². The summed E-state index contributed by atoms with van der Waals surface area (Å²) in [4.78, 5) is 52.1. The fourth-order valence-electron chi connectivity index (χ4n) is 13.6. The number of hydrogen-bond donors (Lipinski definition) is 6. The number of thioether (sulfide) groups is 6. The van der Waals surface area contributed by atoms with Gasteiger partial charge in [0, 0.05) is 209 Å². The van der Waals surface area contributed by atoms with Gasteiger partial charge >= 0.3 is 0 Å². The topological polar surface area (TPSA) is 297 Å². The average Bonchev–Trinajstić information content (AvgIpc) is 1.33. The van der Waals surface area contributed by atoms with Crippen molar-refractivity contribution >= 4 is 226 Å². The zero-order chi connectivity index (χ0) is 87.9. The number of nitrogens with two attached hydrogens (primary N) is 3. The van der Waals surface area contributed by atoms with Crippen LogP contribution in [0.1, 0.15) is 95.0 Å². The van der Waals surface area contributed by atoms with E-state index >= 15 is 0 Å². The summed E-state index contributed by atoms with van der Waals surface area (Å²) >= 11 is 23.4. The number of nitrogens with one attached hydrogen (secondary N) is 3. The van der Waals surface area contributed by atoms with E-state index in [0.717, 1.165) is 233 Å². The van der Waals surface area contributed by atoms with Gasteiger partial charge in [-0.05, 0) is 172 Å². The van der Waals surface area contributed by atoms with Gasteiger partial charge in [-0.2, -0.15) is 0 Å². The number of thiophene rings is 3. The van der Waals surface area contributed by atoms with E-state index in [4.69, 9.17) is 28.2 Å². The number of halogens is 4. The number of nitro benzene ring substituents is 2. The Bertz CT molecular complexity index is 4210. The summed E-state index contributed by atoms with van der Waals surface area (Å²) in [6.45, 7) is 48.2. The van der Waals surface area contributed by atoms with Crippen LogP contribution in [0.5, 0.6) is 0 Å². The number of nitrogen functional groups attached to an aromatic ring is 1. The van der Waals surface area contributed by atoms with E-state index in [0.29, 0.717) is 24.3 Å². The number of alkyl halides is 1. The number of nitrogens with zero attached hydrogens (tertiary/aromatic N) is 12. The Morgan fingerprint density at radius 1 is 0.476 bits per heavy atom. The third-order valence-corrected chi connectivity index (χ3v) is 30.6. The summed E-state index contributed by atoms with van der Waals surface area (Å²) in [5, 5.41) is 48.4. The van der Waals surface area contributed by atoms with Crippen LogP contribution in [0.25, 0.3) is 0 Å². The molecule has 0 amide bonds. The Labute approximate surface area is 808 Å². The molecule has 5 aliphatic rings. The quantitative estimate of drug-likeness (QED) is 0.00325. The SMILES string of the molecule is CCN(CC)CCCl.CCN(CC)CCN1CCSc2cc(CC(=N)c3cccs3)ccc21.CCN(CC)CCN1CCSc2cc(CC(=N)c3cccs3)ccc21.CCN(CC)CCN1CCSc2cc(N)ccc21.CCN(CC)CCN1CCSc2cc([N+](=O)[O-])ccc21.CSC(=NI)c1cccs1.Cl.Cl.NN.O.O=[N+]([O-])c1ccc2c(c1)SCCN2. The lowest BCUT2D eigenvalue weighted by Crippen LogP contribution is -2.37. The molecular weight excluding hydrogens is 1910 g/mol. The molecule has 0 bridgehead atoms. The number of anilines is 6. The van der Waals surface area contributed by atoms with E-state index in [9.17, 15) is 20.2 Å². The first-order chi connectivity index (χ1) is 58.8. The minimum Gasteiger partial charge on any atom is -0.412 e. The van der Waals surface area contributed by atoms with E-state index in [1.807, 2.05) is 118 Å². The molecule has 11 N–H and O–H groups in total. The zero-order valence-electron chi connectivity index (χ0n) is 74.0. The van der Waals surface area contributed by atoms with Gasteiger partial charge < -0.3 is 71.4 Å². The highest BCUT2D eigenvalue weighted by atomic mass is 127. The van der Waals surface area contributed by atoms with Crippen LogP contribution in [0.4, 0.5) is 45.5 Å². The van der Waals surface area contributed by atoms with Crippen LogP contribution in [-0.4, -0.2) is 254 Å². The molecule has 8 aromatic rings. The van der Waals surface area contributed by atoms with Crippen LogP contribution in [0, 0.1) is 31.0 Å². The highest BCUT2D eigenvalue weighted by Gasteiger charge is 2.25. The molecule has 688 valence electrons. The number of fused-ring (bicyclic) bond motifs is 5. The molecule has 0 spiro atoms. The van der Waals surface area contributed by atoms with E-state index in [1.165, 1.54) is 53.8 Å². The first kappa shape index (κ1) is 113. The monoisotopic (exact) mass is 2040 g/mol. The molecule has 0 saturated carbocycles. The van der Waals surface area contributed by atoms with Gasteiger partial charge in [-0.25, -0.2) is 3.21 Å². The molecular formula is C88H134Cl3IN18O5S9. The predicted octanol–water partition coefficient (Wildman–Crippen LogP) is 20.3. The summed E-state index contributed by atoms with van der Waals surface area (Å²) in [5.41, 5.74) is 17.2. The van der Waals surface area contributed by atoms with Gasteiger partial charge in [0.1, 0.15) is 5.04 Å². The van der Waals surface area contributed by atoms with Crippen molar-refractivity contribution in [1.29, 1.82) is 10.8 Å². The van der Waals surface area contributed by atoms with Gasteiger partial charge in [0.2, 0.25) is 0 Å². The molecule has 0 unspecified atom stereocenters. The Morgan fingerprint density at radius 3 is 1.13 bits per heavy atom. The van der Waals surface area contributed by atoms with Crippen LogP contribution in [0.15, 0.2) is 171 Å². The van der Waals surface area contributed by atoms with Gasteiger partial charge in [-0.15, -0.1) is 141 Å². The minimum absolute atomic E-state index is 0. The smallest absolute Gasteiger partial charge is 0.270 e. The molecule has 3 aromatic heterocycles.